The summed E-state index contributed by atoms with van der Waals surface area (Å²) in [6.45, 7) is 3.35. The highest BCUT2D eigenvalue weighted by molar-refractivity contribution is 6.23. The molecule has 0 unspecified atom stereocenters. The van der Waals surface area contributed by atoms with Crippen molar-refractivity contribution in [2.24, 2.45) is 17.3 Å². The molecule has 0 saturated heterocycles. The van der Waals surface area contributed by atoms with Gasteiger partial charge in [-0.15, -0.1) is 0 Å². The number of ether oxygens (including phenoxy) is 1. The van der Waals surface area contributed by atoms with Crippen LogP contribution in [0.4, 0.5) is 13.2 Å². The lowest BCUT2D eigenvalue weighted by Crippen LogP contribution is -2.08. The van der Waals surface area contributed by atoms with Crippen LogP contribution in [0, 0.1) is 17.3 Å². The van der Waals surface area contributed by atoms with Crippen molar-refractivity contribution in [1.82, 2.24) is 0 Å². The molecule has 1 saturated carbocycles. The van der Waals surface area contributed by atoms with Crippen molar-refractivity contribution in [2.75, 3.05) is 7.11 Å². The average Bonchev–Trinajstić information content (AvgIpc) is 2.65. The van der Waals surface area contributed by atoms with Gasteiger partial charge in [-0.1, -0.05) is 13.8 Å². The van der Waals surface area contributed by atoms with E-state index >= 15 is 0 Å². The predicted molar refractivity (Wildman–Crippen MR) is 52.8 cm³/mol. The van der Waals surface area contributed by atoms with Gasteiger partial charge in [0.2, 0.25) is 0 Å². The molecule has 1 rings (SSSR count). The summed E-state index contributed by atoms with van der Waals surface area (Å²) < 4.78 is 42.2. The van der Waals surface area contributed by atoms with E-state index in [2.05, 4.69) is 16.3 Å². The Morgan fingerprint density at radius 2 is 2.00 bits per heavy atom. The van der Waals surface area contributed by atoms with Gasteiger partial charge in [0.1, 0.15) is 0 Å². The molecule has 0 N–H and O–H groups in total. The molecule has 92 valence electrons. The van der Waals surface area contributed by atoms with E-state index < -0.39 is 34.4 Å². The highest BCUT2D eigenvalue weighted by Crippen LogP contribution is 2.60. The summed E-state index contributed by atoms with van der Waals surface area (Å²) in [5, 5.41) is -4.01. The van der Waals surface area contributed by atoms with Gasteiger partial charge in [-0.3, -0.25) is 4.79 Å². The third kappa shape index (κ3) is 2.34. The number of carbonyl (C=O) groups excluding carboxylic acids is 1. The zero-order valence-electron chi connectivity index (χ0n) is 9.06. The Bertz CT molecular complexity index is 333. The van der Waals surface area contributed by atoms with Crippen LogP contribution in [0.2, 0.25) is 0 Å². The van der Waals surface area contributed by atoms with Gasteiger partial charge in [0.05, 0.1) is 13.0 Å². The summed E-state index contributed by atoms with van der Waals surface area (Å²) in [6, 6.07) is 0. The van der Waals surface area contributed by atoms with Gasteiger partial charge in [-0.05, 0) is 29.0 Å². The monoisotopic (exact) mass is 256 g/mol. The molecule has 1 aliphatic carbocycles. The number of esters is 1. The predicted octanol–water partition coefficient (Wildman–Crippen LogP) is 3.12. The first-order valence-corrected chi connectivity index (χ1v) is 5.02. The summed E-state index contributed by atoms with van der Waals surface area (Å²) in [5.41, 5.74) is -0.577. The van der Waals surface area contributed by atoms with Gasteiger partial charge in [0.15, 0.2) is 5.83 Å². The number of hydrogen-bond donors (Lipinski definition) is 0. The Morgan fingerprint density at radius 1 is 1.50 bits per heavy atom. The topological polar surface area (TPSA) is 26.3 Å². The van der Waals surface area contributed by atoms with E-state index in [1.54, 1.807) is 13.8 Å². The van der Waals surface area contributed by atoms with Gasteiger partial charge in [-0.25, -0.2) is 4.39 Å². The molecule has 2 atom stereocenters. The summed E-state index contributed by atoms with van der Waals surface area (Å²) in [5.74, 6) is -3.46. The maximum atomic E-state index is 12.9. The molecule has 0 radical (unpaired) electrons. The molecule has 0 aliphatic heterocycles. The van der Waals surface area contributed by atoms with Crippen molar-refractivity contribution in [3.63, 3.8) is 0 Å². The third-order valence-electron chi connectivity index (χ3n) is 2.96. The SMILES string of the molecule is COC(=O)[C@H]1[C@@H](C=C(F)C(F)(F)Cl)C1(C)C. The number of carbonyl (C=O) groups is 1. The minimum absolute atomic E-state index is 0.531. The number of allylic oxidation sites excluding steroid dienone is 2. The Morgan fingerprint density at radius 3 is 2.38 bits per heavy atom. The number of alkyl halides is 3. The van der Waals surface area contributed by atoms with Gasteiger partial charge in [-0.2, -0.15) is 8.78 Å². The molecule has 0 aromatic heterocycles. The molecule has 1 aliphatic rings. The van der Waals surface area contributed by atoms with E-state index in [4.69, 9.17) is 0 Å². The Hall–Kier alpha value is -0.710. The van der Waals surface area contributed by atoms with Crippen molar-refractivity contribution in [3.8, 4) is 0 Å². The minimum Gasteiger partial charge on any atom is -0.469 e. The Kier molecular flexibility index (Phi) is 3.29. The average molecular weight is 257 g/mol. The number of rotatable bonds is 3. The van der Waals surface area contributed by atoms with Crippen LogP contribution < -0.4 is 0 Å². The molecule has 0 heterocycles. The van der Waals surface area contributed by atoms with Crippen LogP contribution in [0.15, 0.2) is 11.9 Å². The summed E-state index contributed by atoms with van der Waals surface area (Å²) in [6.07, 6.45) is 0.703. The fourth-order valence-electron chi connectivity index (χ4n) is 1.82. The quantitative estimate of drug-likeness (QED) is 0.573. The molecule has 1 fully saturated rings. The highest BCUT2D eigenvalue weighted by atomic mass is 35.5. The molecule has 0 aromatic carbocycles. The van der Waals surface area contributed by atoms with Crippen molar-refractivity contribution in [3.05, 3.63) is 11.9 Å². The van der Waals surface area contributed by atoms with E-state index in [1.165, 1.54) is 7.11 Å². The first-order chi connectivity index (χ1) is 7.12. The van der Waals surface area contributed by atoms with Crippen LogP contribution in [0.5, 0.6) is 0 Å². The van der Waals surface area contributed by atoms with E-state index in [1.807, 2.05) is 0 Å². The molecule has 0 aromatic rings. The molecule has 6 heteroatoms. The fourth-order valence-corrected chi connectivity index (χ4v) is 1.88. The lowest BCUT2D eigenvalue weighted by molar-refractivity contribution is -0.143. The highest BCUT2D eigenvalue weighted by Gasteiger charge is 2.62. The summed E-state index contributed by atoms with van der Waals surface area (Å²) in [7, 11) is 1.20. The molecule has 0 spiro atoms. The molecular formula is C10H12ClF3O2. The lowest BCUT2D eigenvalue weighted by atomic mass is 10.1. The first-order valence-electron chi connectivity index (χ1n) is 4.64. The lowest BCUT2D eigenvalue weighted by Gasteiger charge is -2.04. The van der Waals surface area contributed by atoms with Crippen LogP contribution in [0.25, 0.3) is 0 Å². The van der Waals surface area contributed by atoms with Crippen molar-refractivity contribution < 1.29 is 22.7 Å². The summed E-state index contributed by atoms with van der Waals surface area (Å²) in [4.78, 5) is 11.2. The summed E-state index contributed by atoms with van der Waals surface area (Å²) >= 11 is 4.52. The van der Waals surface area contributed by atoms with Gasteiger partial charge < -0.3 is 4.74 Å². The first kappa shape index (κ1) is 13.4. The van der Waals surface area contributed by atoms with Crippen LogP contribution in [0.3, 0.4) is 0 Å². The van der Waals surface area contributed by atoms with Gasteiger partial charge in [0, 0.05) is 0 Å². The largest absolute Gasteiger partial charge is 0.469 e. The molecule has 0 amide bonds. The van der Waals surface area contributed by atoms with Crippen molar-refractivity contribution in [2.45, 2.75) is 19.2 Å². The van der Waals surface area contributed by atoms with E-state index in [9.17, 15) is 18.0 Å². The van der Waals surface area contributed by atoms with Crippen molar-refractivity contribution >= 4 is 17.6 Å². The van der Waals surface area contributed by atoms with E-state index in [0.29, 0.717) is 6.08 Å². The van der Waals surface area contributed by atoms with Gasteiger partial charge >= 0.3 is 11.4 Å². The number of hydrogen-bond acceptors (Lipinski definition) is 2. The molecular weight excluding hydrogens is 245 g/mol. The zero-order valence-corrected chi connectivity index (χ0v) is 9.82. The Balaban J connectivity index is 2.83. The maximum Gasteiger partial charge on any atom is 0.373 e. The van der Waals surface area contributed by atoms with Crippen LogP contribution in [0.1, 0.15) is 13.8 Å². The third-order valence-corrected chi connectivity index (χ3v) is 3.14. The zero-order chi connectivity index (χ0) is 12.7. The number of halogens is 4. The van der Waals surface area contributed by atoms with Gasteiger partial charge in [0.25, 0.3) is 0 Å². The fraction of sp³-hybridized carbons (Fsp3) is 0.700. The smallest absolute Gasteiger partial charge is 0.373 e. The molecule has 0 bridgehead atoms. The normalized spacial score (nSPS) is 28.8. The van der Waals surface area contributed by atoms with Crippen molar-refractivity contribution in [1.29, 1.82) is 0 Å². The minimum atomic E-state index is -4.01. The van der Waals surface area contributed by atoms with Crippen LogP contribution in [-0.4, -0.2) is 18.5 Å². The number of methoxy groups -OCH3 is 1. The second kappa shape index (κ2) is 3.95. The van der Waals surface area contributed by atoms with E-state index in [0.717, 1.165) is 0 Å². The molecule has 2 nitrogen and oxygen atoms in total. The molecule has 16 heavy (non-hydrogen) atoms. The second-order valence-electron chi connectivity index (χ2n) is 4.36. The van der Waals surface area contributed by atoms with E-state index in [-0.39, 0.29) is 0 Å². The maximum absolute atomic E-state index is 12.9. The standard InChI is InChI=1S/C10H12ClF3O2/c1-9(2)5(7(9)8(15)16-3)4-6(12)10(11,13)14/h4-5,7H,1-3H3/t5-,7-/m1/s1. The van der Waals surface area contributed by atoms with Crippen LogP contribution in [-0.2, 0) is 9.53 Å². The second-order valence-corrected chi connectivity index (χ2v) is 4.84. The Labute approximate surface area is 96.4 Å². The van der Waals surface area contributed by atoms with Crippen LogP contribution >= 0.6 is 11.6 Å².